The van der Waals surface area contributed by atoms with Gasteiger partial charge in [0.2, 0.25) is 0 Å². The lowest BCUT2D eigenvalue weighted by Gasteiger charge is -2.42. The topological polar surface area (TPSA) is 27.7 Å². The van der Waals surface area contributed by atoms with Crippen molar-refractivity contribution in [1.29, 1.82) is 0 Å². The Kier molecular flexibility index (Phi) is 9.21. The van der Waals surface area contributed by atoms with Gasteiger partial charge >= 0.3 is 8.80 Å². The van der Waals surface area contributed by atoms with Crippen molar-refractivity contribution in [3.63, 3.8) is 0 Å². The van der Waals surface area contributed by atoms with E-state index in [0.29, 0.717) is 5.54 Å². The molecule has 3 atom stereocenters. The van der Waals surface area contributed by atoms with Crippen LogP contribution in [0.25, 0.3) is 0 Å². The SMILES string of the molecule is CCC(C)O[Si](OC(C)CC)(OC(C)CC)C1CCCCC1. The minimum atomic E-state index is -2.65. The molecule has 0 bridgehead atoms. The van der Waals surface area contributed by atoms with Crippen molar-refractivity contribution in [2.75, 3.05) is 0 Å². The Labute approximate surface area is 139 Å². The summed E-state index contributed by atoms with van der Waals surface area (Å²) in [5.41, 5.74) is 0.484. The lowest BCUT2D eigenvalue weighted by atomic mass is 10.0. The van der Waals surface area contributed by atoms with E-state index in [1.54, 1.807) is 0 Å². The van der Waals surface area contributed by atoms with E-state index < -0.39 is 8.80 Å². The second-order valence-corrected chi connectivity index (χ2v) is 9.68. The van der Waals surface area contributed by atoms with E-state index in [9.17, 15) is 0 Å². The third-order valence-corrected chi connectivity index (χ3v) is 8.70. The fourth-order valence-corrected chi connectivity index (χ4v) is 6.96. The molecule has 3 nitrogen and oxygen atoms in total. The molecular formula is C18H38O3Si. The molecule has 1 aliphatic carbocycles. The van der Waals surface area contributed by atoms with E-state index >= 15 is 0 Å². The quantitative estimate of drug-likeness (QED) is 0.480. The van der Waals surface area contributed by atoms with Crippen molar-refractivity contribution in [2.24, 2.45) is 0 Å². The molecule has 0 aromatic carbocycles. The molecule has 0 heterocycles. The molecule has 3 unspecified atom stereocenters. The molecule has 0 saturated heterocycles. The molecule has 0 aliphatic heterocycles. The average Bonchev–Trinajstić information content (AvgIpc) is 2.54. The van der Waals surface area contributed by atoms with Crippen LogP contribution in [0.4, 0.5) is 0 Å². The van der Waals surface area contributed by atoms with Gasteiger partial charge in [-0.3, -0.25) is 0 Å². The smallest absolute Gasteiger partial charge is 0.370 e. The molecule has 0 aromatic rings. The summed E-state index contributed by atoms with van der Waals surface area (Å²) in [6.45, 7) is 13.0. The van der Waals surface area contributed by atoms with Gasteiger partial charge in [0.1, 0.15) is 0 Å². The maximum Gasteiger partial charge on any atom is 0.504 e. The van der Waals surface area contributed by atoms with Crippen LogP contribution in [0.1, 0.15) is 92.9 Å². The summed E-state index contributed by atoms with van der Waals surface area (Å²) in [5.74, 6) is 0. The van der Waals surface area contributed by atoms with Gasteiger partial charge in [0, 0.05) is 23.9 Å². The van der Waals surface area contributed by atoms with Crippen molar-refractivity contribution >= 4 is 8.80 Å². The highest BCUT2D eigenvalue weighted by Gasteiger charge is 2.52. The van der Waals surface area contributed by atoms with Gasteiger partial charge in [0.05, 0.1) is 0 Å². The Morgan fingerprint density at radius 3 is 1.41 bits per heavy atom. The third-order valence-electron chi connectivity index (χ3n) is 4.93. The maximum absolute atomic E-state index is 6.57. The average molecular weight is 331 g/mol. The zero-order valence-corrected chi connectivity index (χ0v) is 16.7. The molecule has 0 amide bonds. The van der Waals surface area contributed by atoms with E-state index in [0.717, 1.165) is 19.3 Å². The van der Waals surface area contributed by atoms with E-state index in [1.807, 2.05) is 0 Å². The van der Waals surface area contributed by atoms with Crippen LogP contribution in [0.15, 0.2) is 0 Å². The first-order chi connectivity index (χ1) is 10.5. The molecular weight excluding hydrogens is 292 g/mol. The van der Waals surface area contributed by atoms with Crippen LogP contribution >= 0.6 is 0 Å². The van der Waals surface area contributed by atoms with Crippen LogP contribution in [0.2, 0.25) is 5.54 Å². The van der Waals surface area contributed by atoms with E-state index in [1.165, 1.54) is 32.1 Å². The Bertz CT molecular complexity index is 261. The number of hydrogen-bond donors (Lipinski definition) is 0. The molecule has 1 fully saturated rings. The Morgan fingerprint density at radius 2 is 1.09 bits per heavy atom. The van der Waals surface area contributed by atoms with Gasteiger partial charge in [-0.15, -0.1) is 0 Å². The highest BCUT2D eigenvalue weighted by molar-refractivity contribution is 6.62. The Hall–Kier alpha value is 0.0969. The maximum atomic E-state index is 6.57. The van der Waals surface area contributed by atoms with Crippen molar-refractivity contribution in [3.05, 3.63) is 0 Å². The van der Waals surface area contributed by atoms with Gasteiger partial charge < -0.3 is 13.3 Å². The molecule has 4 heteroatoms. The van der Waals surface area contributed by atoms with Crippen LogP contribution in [0.5, 0.6) is 0 Å². The van der Waals surface area contributed by atoms with Gasteiger partial charge in [0.25, 0.3) is 0 Å². The number of rotatable bonds is 10. The molecule has 0 N–H and O–H groups in total. The number of hydrogen-bond acceptors (Lipinski definition) is 3. The minimum Gasteiger partial charge on any atom is -0.370 e. The van der Waals surface area contributed by atoms with Crippen LogP contribution in [-0.2, 0) is 13.3 Å². The first-order valence-electron chi connectivity index (χ1n) is 9.50. The molecule has 1 saturated carbocycles. The second kappa shape index (κ2) is 10.1. The lowest BCUT2D eigenvalue weighted by molar-refractivity contribution is -0.0213. The van der Waals surface area contributed by atoms with E-state index in [4.69, 9.17) is 13.3 Å². The van der Waals surface area contributed by atoms with Gasteiger partial charge in [-0.05, 0) is 52.9 Å². The predicted octanol–water partition coefficient (Wildman–Crippen LogP) is 5.70. The van der Waals surface area contributed by atoms with Crippen molar-refractivity contribution in [1.82, 2.24) is 0 Å². The zero-order valence-electron chi connectivity index (χ0n) is 15.7. The van der Waals surface area contributed by atoms with Crippen LogP contribution < -0.4 is 0 Å². The summed E-state index contributed by atoms with van der Waals surface area (Å²) in [6, 6.07) is 0. The van der Waals surface area contributed by atoms with E-state index in [2.05, 4.69) is 41.5 Å². The van der Waals surface area contributed by atoms with Crippen molar-refractivity contribution < 1.29 is 13.3 Å². The van der Waals surface area contributed by atoms with Crippen molar-refractivity contribution in [3.8, 4) is 0 Å². The highest BCUT2D eigenvalue weighted by atomic mass is 28.4. The minimum absolute atomic E-state index is 0.210. The fourth-order valence-electron chi connectivity index (χ4n) is 2.92. The van der Waals surface area contributed by atoms with Gasteiger partial charge in [-0.1, -0.05) is 40.0 Å². The first-order valence-corrected chi connectivity index (χ1v) is 11.3. The fraction of sp³-hybridized carbons (Fsp3) is 1.00. The molecule has 132 valence electrons. The van der Waals surface area contributed by atoms with Gasteiger partial charge in [-0.2, -0.15) is 0 Å². The van der Waals surface area contributed by atoms with Crippen LogP contribution in [0.3, 0.4) is 0 Å². The summed E-state index contributed by atoms with van der Waals surface area (Å²) in [6.07, 6.45) is 9.99. The van der Waals surface area contributed by atoms with Gasteiger partial charge in [0.15, 0.2) is 0 Å². The summed E-state index contributed by atoms with van der Waals surface area (Å²) < 4.78 is 19.7. The van der Waals surface area contributed by atoms with Crippen molar-refractivity contribution in [2.45, 2.75) is 117 Å². The largest absolute Gasteiger partial charge is 0.504 e. The van der Waals surface area contributed by atoms with Gasteiger partial charge in [-0.25, -0.2) is 0 Å². The second-order valence-electron chi connectivity index (χ2n) is 6.95. The Balaban J connectivity index is 3.01. The van der Waals surface area contributed by atoms with E-state index in [-0.39, 0.29) is 18.3 Å². The monoisotopic (exact) mass is 330 g/mol. The predicted molar refractivity (Wildman–Crippen MR) is 95.1 cm³/mol. The van der Waals surface area contributed by atoms with Crippen LogP contribution in [-0.4, -0.2) is 27.1 Å². The first kappa shape index (κ1) is 20.1. The molecule has 0 aromatic heterocycles. The third kappa shape index (κ3) is 5.95. The lowest BCUT2D eigenvalue weighted by Crippen LogP contribution is -2.55. The summed E-state index contributed by atoms with van der Waals surface area (Å²) in [5, 5.41) is 0. The Morgan fingerprint density at radius 1 is 0.727 bits per heavy atom. The summed E-state index contributed by atoms with van der Waals surface area (Å²) in [7, 11) is -2.65. The standard InChI is InChI=1S/C18H38O3Si/c1-7-15(4)19-22(20-16(5)8-2,21-17(6)9-3)18-13-11-10-12-14-18/h15-18H,7-14H2,1-6H3. The highest BCUT2D eigenvalue weighted by Crippen LogP contribution is 2.41. The molecule has 0 spiro atoms. The molecule has 1 rings (SSSR count). The molecule has 1 aliphatic rings. The summed E-state index contributed by atoms with van der Waals surface area (Å²) >= 11 is 0. The summed E-state index contributed by atoms with van der Waals surface area (Å²) in [4.78, 5) is 0. The molecule has 0 radical (unpaired) electrons. The van der Waals surface area contributed by atoms with Crippen LogP contribution in [0, 0.1) is 0 Å². The molecule has 22 heavy (non-hydrogen) atoms. The normalized spacial score (nSPS) is 23.7. The zero-order chi connectivity index (χ0) is 16.6.